The normalized spacial score (nSPS) is 12.6. The zero-order chi connectivity index (χ0) is 28.6. The van der Waals surface area contributed by atoms with E-state index >= 15 is 0 Å². The van der Waals surface area contributed by atoms with E-state index < -0.39 is 6.04 Å². The number of nitroso groups, excluding NO2 is 1. The lowest BCUT2D eigenvalue weighted by atomic mass is 9.93. The number of aliphatic hydroxyl groups excluding tert-OH is 1. The number of aliphatic hydroxyl groups is 1. The lowest BCUT2D eigenvalue weighted by molar-refractivity contribution is -0.133. The minimum Gasteiger partial charge on any atom is -0.396 e. The molecule has 3 aromatic carbocycles. The third-order valence-corrected chi connectivity index (χ3v) is 7.03. The van der Waals surface area contributed by atoms with Crippen LogP contribution in [-0.2, 0) is 16.1 Å². The first-order valence-electron chi connectivity index (χ1n) is 13.1. The average molecular weight is 543 g/mol. The highest BCUT2D eigenvalue weighted by atomic mass is 16.5. The summed E-state index contributed by atoms with van der Waals surface area (Å²) in [7, 11) is 1.58. The summed E-state index contributed by atoms with van der Waals surface area (Å²) in [5, 5.41) is 17.4. The van der Waals surface area contributed by atoms with Crippen molar-refractivity contribution in [2.24, 2.45) is 5.18 Å². The van der Waals surface area contributed by atoms with Gasteiger partial charge in [0, 0.05) is 50.0 Å². The number of carbonyl (C=O) groups is 1. The lowest BCUT2D eigenvalue weighted by Gasteiger charge is -2.29. The van der Waals surface area contributed by atoms with E-state index in [0.717, 1.165) is 27.6 Å². The maximum atomic E-state index is 14.2. The molecule has 3 N–H and O–H groups in total. The molecule has 208 valence electrons. The Bertz CT molecular complexity index is 1550. The number of rotatable bonds is 12. The number of aromatic nitrogens is 1. The molecule has 0 bridgehead atoms. The van der Waals surface area contributed by atoms with Gasteiger partial charge in [-0.25, -0.2) is 0 Å². The molecule has 1 heterocycles. The number of pyridine rings is 1. The lowest BCUT2D eigenvalue weighted by Crippen LogP contribution is -2.39. The first-order valence-corrected chi connectivity index (χ1v) is 13.1. The second-order valence-electron chi connectivity index (χ2n) is 9.90. The van der Waals surface area contributed by atoms with Crippen molar-refractivity contribution in [2.45, 2.75) is 32.4 Å². The second-order valence-corrected chi connectivity index (χ2v) is 9.90. The van der Waals surface area contributed by atoms with Gasteiger partial charge in [0.2, 0.25) is 5.91 Å². The SMILES string of the molecule is COCCN(Cc1cccc(N=O)c1)C(=O)C(Nc1ccc2cc[nH]c(=O)c2c1)c1ccc([C@@H](C)CO)c(C)c1. The number of aromatic amines is 1. The maximum Gasteiger partial charge on any atom is 0.255 e. The highest BCUT2D eigenvalue weighted by molar-refractivity contribution is 5.89. The molecule has 4 rings (SSSR count). The molecule has 0 saturated heterocycles. The minimum atomic E-state index is -0.790. The number of methoxy groups -OCH3 is 1. The van der Waals surface area contributed by atoms with Crippen LogP contribution in [0.15, 0.2) is 82.9 Å². The molecule has 1 aromatic heterocycles. The molecule has 2 atom stereocenters. The summed E-state index contributed by atoms with van der Waals surface area (Å²) in [4.78, 5) is 42.2. The third-order valence-electron chi connectivity index (χ3n) is 7.03. The Kier molecular flexibility index (Phi) is 9.42. The fourth-order valence-electron chi connectivity index (χ4n) is 4.84. The van der Waals surface area contributed by atoms with Crippen LogP contribution in [0.4, 0.5) is 11.4 Å². The molecule has 4 aromatic rings. The van der Waals surface area contributed by atoms with E-state index in [1.807, 2.05) is 56.3 Å². The smallest absolute Gasteiger partial charge is 0.255 e. The van der Waals surface area contributed by atoms with Crippen molar-refractivity contribution in [1.29, 1.82) is 0 Å². The summed E-state index contributed by atoms with van der Waals surface area (Å²) in [5.74, 6) is -0.244. The number of anilines is 1. The van der Waals surface area contributed by atoms with Gasteiger partial charge in [0.1, 0.15) is 11.7 Å². The van der Waals surface area contributed by atoms with Gasteiger partial charge in [0.05, 0.1) is 6.61 Å². The Morgan fingerprint density at radius 1 is 1.12 bits per heavy atom. The van der Waals surface area contributed by atoms with Gasteiger partial charge in [-0.1, -0.05) is 43.3 Å². The van der Waals surface area contributed by atoms with Crippen LogP contribution in [0, 0.1) is 11.8 Å². The highest BCUT2D eigenvalue weighted by Gasteiger charge is 2.27. The fraction of sp³-hybridized carbons (Fsp3) is 0.290. The fourth-order valence-corrected chi connectivity index (χ4v) is 4.84. The Balaban J connectivity index is 1.75. The Hall–Kier alpha value is -4.34. The van der Waals surface area contributed by atoms with Crippen LogP contribution in [0.25, 0.3) is 10.8 Å². The number of H-pyrrole nitrogens is 1. The topological polar surface area (TPSA) is 124 Å². The molecule has 0 fully saturated rings. The van der Waals surface area contributed by atoms with E-state index in [1.165, 1.54) is 0 Å². The molecule has 40 heavy (non-hydrogen) atoms. The molecular formula is C31H34N4O5. The number of carbonyl (C=O) groups excluding carboxylic acids is 1. The summed E-state index contributed by atoms with van der Waals surface area (Å²) in [6.45, 7) is 4.82. The first kappa shape index (κ1) is 28.7. The van der Waals surface area contributed by atoms with E-state index in [0.29, 0.717) is 24.2 Å². The Labute approximate surface area is 232 Å². The number of aryl methyl sites for hydroxylation is 1. The van der Waals surface area contributed by atoms with Gasteiger partial charge in [-0.05, 0) is 70.1 Å². The maximum absolute atomic E-state index is 14.2. The van der Waals surface area contributed by atoms with Gasteiger partial charge in [-0.2, -0.15) is 0 Å². The summed E-state index contributed by atoms with van der Waals surface area (Å²) in [6.07, 6.45) is 1.60. The zero-order valence-corrected chi connectivity index (χ0v) is 22.9. The number of nitrogens with zero attached hydrogens (tertiary/aromatic N) is 2. The third kappa shape index (κ3) is 6.62. The number of hydrogen-bond acceptors (Lipinski definition) is 7. The quantitative estimate of drug-likeness (QED) is 0.213. The number of amides is 1. The van der Waals surface area contributed by atoms with Crippen LogP contribution < -0.4 is 10.9 Å². The van der Waals surface area contributed by atoms with E-state index in [2.05, 4.69) is 15.5 Å². The summed E-state index contributed by atoms with van der Waals surface area (Å²) >= 11 is 0. The van der Waals surface area contributed by atoms with Gasteiger partial charge in [0.25, 0.3) is 5.56 Å². The Morgan fingerprint density at radius 2 is 1.95 bits per heavy atom. The number of benzene rings is 3. The number of hydrogen-bond donors (Lipinski definition) is 3. The van der Waals surface area contributed by atoms with Crippen molar-refractivity contribution in [3.8, 4) is 0 Å². The number of fused-ring (bicyclic) bond motifs is 1. The molecule has 0 saturated carbocycles. The summed E-state index contributed by atoms with van der Waals surface area (Å²) in [6, 6.07) is 19.1. The van der Waals surface area contributed by atoms with Crippen LogP contribution in [0.3, 0.4) is 0 Å². The van der Waals surface area contributed by atoms with Crippen LogP contribution >= 0.6 is 0 Å². The van der Waals surface area contributed by atoms with Gasteiger partial charge < -0.3 is 25.0 Å². The van der Waals surface area contributed by atoms with Crippen LogP contribution in [0.5, 0.6) is 0 Å². The molecule has 0 radical (unpaired) electrons. The molecule has 0 spiro atoms. The van der Waals surface area contributed by atoms with Crippen LogP contribution in [-0.4, -0.2) is 47.8 Å². The molecule has 9 nitrogen and oxygen atoms in total. The van der Waals surface area contributed by atoms with Crippen LogP contribution in [0.2, 0.25) is 0 Å². The zero-order valence-electron chi connectivity index (χ0n) is 22.9. The molecule has 0 aliphatic rings. The monoisotopic (exact) mass is 542 g/mol. The van der Waals surface area contributed by atoms with Gasteiger partial charge >= 0.3 is 0 Å². The van der Waals surface area contributed by atoms with Crippen molar-refractivity contribution in [1.82, 2.24) is 9.88 Å². The molecule has 1 amide bonds. The largest absolute Gasteiger partial charge is 0.396 e. The minimum absolute atomic E-state index is 0.0198. The number of nitrogens with one attached hydrogen (secondary N) is 2. The molecule has 1 unspecified atom stereocenters. The predicted molar refractivity (Wildman–Crippen MR) is 157 cm³/mol. The standard InChI is InChI=1S/C31H34N4O5/c1-20-15-24(8-10-27(20)21(2)19-36)29(33-25-9-7-23-11-12-32-30(37)28(23)17-25)31(38)35(13-14-40-3)18-22-5-4-6-26(16-22)34-39/h4-12,15-17,21,29,33,36H,13-14,18-19H2,1-3H3,(H,32,37)/t21-,29?/m0/s1. The predicted octanol–water partition coefficient (Wildman–Crippen LogP) is 5.16. The van der Waals surface area contributed by atoms with Crippen molar-refractivity contribution >= 4 is 28.1 Å². The molecule has 9 heteroatoms. The van der Waals surface area contributed by atoms with E-state index in [9.17, 15) is 19.6 Å². The van der Waals surface area contributed by atoms with Crippen LogP contribution in [0.1, 0.15) is 41.1 Å². The van der Waals surface area contributed by atoms with E-state index in [4.69, 9.17) is 4.74 Å². The summed E-state index contributed by atoms with van der Waals surface area (Å²) in [5.41, 5.74) is 4.16. The highest BCUT2D eigenvalue weighted by Crippen LogP contribution is 2.29. The first-order chi connectivity index (χ1) is 19.3. The summed E-state index contributed by atoms with van der Waals surface area (Å²) < 4.78 is 5.30. The van der Waals surface area contributed by atoms with Crippen molar-refractivity contribution < 1.29 is 14.6 Å². The van der Waals surface area contributed by atoms with E-state index in [1.54, 1.807) is 42.5 Å². The molecular weight excluding hydrogens is 508 g/mol. The van der Waals surface area contributed by atoms with Crippen molar-refractivity contribution in [2.75, 3.05) is 32.2 Å². The van der Waals surface area contributed by atoms with Gasteiger partial charge in [-0.3, -0.25) is 9.59 Å². The average Bonchev–Trinajstić information content (AvgIpc) is 2.97. The van der Waals surface area contributed by atoms with E-state index in [-0.39, 0.29) is 36.2 Å². The number of ether oxygens (including phenoxy) is 1. The molecule has 0 aliphatic carbocycles. The van der Waals surface area contributed by atoms with Crippen molar-refractivity contribution in [3.05, 3.63) is 110 Å². The van der Waals surface area contributed by atoms with Gasteiger partial charge in [-0.15, -0.1) is 4.91 Å². The molecule has 0 aliphatic heterocycles. The van der Waals surface area contributed by atoms with Gasteiger partial charge in [0.15, 0.2) is 0 Å². The van der Waals surface area contributed by atoms with Crippen molar-refractivity contribution in [3.63, 3.8) is 0 Å². The Morgan fingerprint density at radius 3 is 2.67 bits per heavy atom. The second kappa shape index (κ2) is 13.1.